The van der Waals surface area contributed by atoms with Gasteiger partial charge in [-0.1, -0.05) is 18.2 Å². The zero-order valence-electron chi connectivity index (χ0n) is 18.6. The molecule has 0 bridgehead atoms. The molecule has 2 aliphatic rings. The Hall–Kier alpha value is -3.55. The van der Waals surface area contributed by atoms with E-state index in [0.29, 0.717) is 0 Å². The van der Waals surface area contributed by atoms with Crippen molar-refractivity contribution in [3.63, 3.8) is 0 Å². The molecule has 6 rings (SSSR count). The number of furan rings is 1. The zero-order valence-corrected chi connectivity index (χ0v) is 18.6. The van der Waals surface area contributed by atoms with E-state index in [2.05, 4.69) is 53.4 Å². The van der Waals surface area contributed by atoms with Crippen LogP contribution in [0.15, 0.2) is 71.5 Å². The van der Waals surface area contributed by atoms with Crippen LogP contribution in [0.25, 0.3) is 28.3 Å². The number of rotatable bonds is 5. The minimum absolute atomic E-state index is 0.283. The van der Waals surface area contributed by atoms with E-state index < -0.39 is 0 Å². The van der Waals surface area contributed by atoms with Crippen molar-refractivity contribution in [3.05, 3.63) is 72.6 Å². The standard InChI is InChI=1S/C26H26N4O3/c1-28-10-12-29(13-11-28)16-21-17-30(27-26(21)24-3-2-14-31-24)22-7-4-19(5-8-22)20-6-9-23-25(15-20)33-18-32-23/h2-9,14-15,17H,10-13,16,18H2,1H3. The number of hydrogen-bond acceptors (Lipinski definition) is 6. The van der Waals surface area contributed by atoms with E-state index in [4.69, 9.17) is 19.0 Å². The van der Waals surface area contributed by atoms with Gasteiger partial charge in [0.2, 0.25) is 6.79 Å². The molecular formula is C26H26N4O3. The molecule has 1 fully saturated rings. The van der Waals surface area contributed by atoms with Gasteiger partial charge < -0.3 is 18.8 Å². The van der Waals surface area contributed by atoms with Crippen molar-refractivity contribution in [1.29, 1.82) is 0 Å². The second-order valence-electron chi connectivity index (χ2n) is 8.62. The quantitative estimate of drug-likeness (QED) is 0.460. The molecule has 1 saturated heterocycles. The summed E-state index contributed by atoms with van der Waals surface area (Å²) in [7, 11) is 2.18. The summed E-state index contributed by atoms with van der Waals surface area (Å²) in [5.74, 6) is 2.39. The van der Waals surface area contributed by atoms with Crippen LogP contribution in [0.2, 0.25) is 0 Å². The fourth-order valence-electron chi connectivity index (χ4n) is 4.41. The highest BCUT2D eigenvalue weighted by Gasteiger charge is 2.20. The zero-order chi connectivity index (χ0) is 22.2. The predicted molar refractivity (Wildman–Crippen MR) is 126 cm³/mol. The van der Waals surface area contributed by atoms with Crippen molar-refractivity contribution in [2.45, 2.75) is 6.54 Å². The van der Waals surface area contributed by atoms with Crippen molar-refractivity contribution in [3.8, 4) is 39.8 Å². The summed E-state index contributed by atoms with van der Waals surface area (Å²) in [4.78, 5) is 4.85. The molecule has 0 saturated carbocycles. The van der Waals surface area contributed by atoms with Crippen LogP contribution < -0.4 is 9.47 Å². The van der Waals surface area contributed by atoms with Crippen molar-refractivity contribution in [1.82, 2.24) is 19.6 Å². The van der Waals surface area contributed by atoms with Crippen molar-refractivity contribution in [2.24, 2.45) is 0 Å². The Morgan fingerprint density at radius 3 is 2.45 bits per heavy atom. The molecule has 4 aromatic rings. The maximum Gasteiger partial charge on any atom is 0.231 e. The van der Waals surface area contributed by atoms with Crippen LogP contribution in [0.1, 0.15) is 5.56 Å². The summed E-state index contributed by atoms with van der Waals surface area (Å²) in [5.41, 5.74) is 5.30. The maximum atomic E-state index is 5.70. The molecule has 168 valence electrons. The van der Waals surface area contributed by atoms with Crippen LogP contribution in [-0.2, 0) is 6.54 Å². The molecule has 0 atom stereocenters. The summed E-state index contributed by atoms with van der Waals surface area (Å²) in [5, 5.41) is 4.90. The minimum atomic E-state index is 0.283. The normalized spacial score (nSPS) is 16.4. The SMILES string of the molecule is CN1CCN(Cc2cn(-c3ccc(-c4ccc5c(c4)OCO5)cc3)nc2-c2ccco2)CC1. The second-order valence-corrected chi connectivity index (χ2v) is 8.62. The average molecular weight is 443 g/mol. The number of aromatic nitrogens is 2. The van der Waals surface area contributed by atoms with Crippen LogP contribution in [0, 0.1) is 0 Å². The number of fused-ring (bicyclic) bond motifs is 1. The fourth-order valence-corrected chi connectivity index (χ4v) is 4.41. The summed E-state index contributed by atoms with van der Waals surface area (Å²) in [6.07, 6.45) is 3.83. The first-order valence-electron chi connectivity index (χ1n) is 11.3. The summed E-state index contributed by atoms with van der Waals surface area (Å²) < 4.78 is 18.6. The summed E-state index contributed by atoms with van der Waals surface area (Å²) in [6, 6.07) is 18.3. The van der Waals surface area contributed by atoms with Gasteiger partial charge in [0.1, 0.15) is 5.69 Å². The maximum absolute atomic E-state index is 5.70. The number of benzene rings is 2. The van der Waals surface area contributed by atoms with Crippen LogP contribution in [0.4, 0.5) is 0 Å². The molecule has 0 radical (unpaired) electrons. The third-order valence-electron chi connectivity index (χ3n) is 6.37. The molecule has 0 amide bonds. The van der Waals surface area contributed by atoms with Gasteiger partial charge in [-0.05, 0) is 54.6 Å². The predicted octanol–water partition coefficient (Wildman–Crippen LogP) is 4.28. The van der Waals surface area contributed by atoms with Gasteiger partial charge in [-0.2, -0.15) is 5.10 Å². The molecule has 2 aromatic carbocycles. The molecular weight excluding hydrogens is 416 g/mol. The van der Waals surface area contributed by atoms with E-state index in [1.54, 1.807) is 6.26 Å². The van der Waals surface area contributed by atoms with Gasteiger partial charge in [-0.3, -0.25) is 4.90 Å². The Kier molecular flexibility index (Phi) is 5.13. The number of hydrogen-bond donors (Lipinski definition) is 0. The minimum Gasteiger partial charge on any atom is -0.463 e. The first-order chi connectivity index (χ1) is 16.2. The lowest BCUT2D eigenvalue weighted by Crippen LogP contribution is -2.43. The van der Waals surface area contributed by atoms with Crippen LogP contribution in [-0.4, -0.2) is 59.6 Å². The number of ether oxygens (including phenoxy) is 2. The highest BCUT2D eigenvalue weighted by molar-refractivity contribution is 5.68. The molecule has 0 aliphatic carbocycles. The molecule has 0 spiro atoms. The van der Waals surface area contributed by atoms with Crippen LogP contribution in [0.5, 0.6) is 11.5 Å². The molecule has 2 aliphatic heterocycles. The third-order valence-corrected chi connectivity index (χ3v) is 6.37. The van der Waals surface area contributed by atoms with E-state index in [-0.39, 0.29) is 6.79 Å². The molecule has 7 heteroatoms. The first kappa shape index (κ1) is 20.1. The average Bonchev–Trinajstić information content (AvgIpc) is 3.61. The van der Waals surface area contributed by atoms with E-state index in [1.807, 2.05) is 28.9 Å². The monoisotopic (exact) mass is 442 g/mol. The fraction of sp³-hybridized carbons (Fsp3) is 0.269. The summed E-state index contributed by atoms with van der Waals surface area (Å²) >= 11 is 0. The Morgan fingerprint density at radius 2 is 1.67 bits per heavy atom. The van der Waals surface area contributed by atoms with Crippen LogP contribution >= 0.6 is 0 Å². The molecule has 7 nitrogen and oxygen atoms in total. The Labute approximate surface area is 192 Å². The van der Waals surface area contributed by atoms with Crippen molar-refractivity contribution < 1.29 is 13.9 Å². The second kappa shape index (κ2) is 8.42. The first-order valence-corrected chi connectivity index (χ1v) is 11.3. The van der Waals surface area contributed by atoms with Crippen LogP contribution in [0.3, 0.4) is 0 Å². The molecule has 2 aromatic heterocycles. The largest absolute Gasteiger partial charge is 0.463 e. The molecule has 0 unspecified atom stereocenters. The Bertz CT molecular complexity index is 1240. The van der Waals surface area contributed by atoms with Gasteiger partial charge in [0.25, 0.3) is 0 Å². The Balaban J connectivity index is 1.28. The number of piperazine rings is 1. The van der Waals surface area contributed by atoms with Gasteiger partial charge in [-0.15, -0.1) is 0 Å². The van der Waals surface area contributed by atoms with Gasteiger partial charge in [0, 0.05) is 44.5 Å². The molecule has 33 heavy (non-hydrogen) atoms. The lowest BCUT2D eigenvalue weighted by atomic mass is 10.0. The van der Waals surface area contributed by atoms with E-state index in [9.17, 15) is 0 Å². The highest BCUT2D eigenvalue weighted by Crippen LogP contribution is 2.36. The lowest BCUT2D eigenvalue weighted by molar-refractivity contribution is 0.148. The topological polar surface area (TPSA) is 55.9 Å². The van der Waals surface area contributed by atoms with E-state index in [1.165, 1.54) is 5.56 Å². The van der Waals surface area contributed by atoms with Gasteiger partial charge in [0.05, 0.1) is 12.0 Å². The lowest BCUT2D eigenvalue weighted by Gasteiger charge is -2.32. The molecule has 0 N–H and O–H groups in total. The smallest absolute Gasteiger partial charge is 0.231 e. The van der Waals surface area contributed by atoms with Gasteiger partial charge in [0.15, 0.2) is 17.3 Å². The Morgan fingerprint density at radius 1 is 0.879 bits per heavy atom. The van der Waals surface area contributed by atoms with Crippen molar-refractivity contribution in [2.75, 3.05) is 40.0 Å². The molecule has 4 heterocycles. The van der Waals surface area contributed by atoms with Gasteiger partial charge in [-0.25, -0.2) is 4.68 Å². The van der Waals surface area contributed by atoms with E-state index >= 15 is 0 Å². The highest BCUT2D eigenvalue weighted by atomic mass is 16.7. The van der Waals surface area contributed by atoms with Gasteiger partial charge >= 0.3 is 0 Å². The summed E-state index contributed by atoms with van der Waals surface area (Å²) in [6.45, 7) is 5.44. The van der Waals surface area contributed by atoms with E-state index in [0.717, 1.165) is 72.5 Å². The number of nitrogens with zero attached hydrogens (tertiary/aromatic N) is 4. The number of likely N-dealkylation sites (N-methyl/N-ethyl adjacent to an activating group) is 1. The third kappa shape index (κ3) is 4.01. The van der Waals surface area contributed by atoms with Crippen molar-refractivity contribution >= 4 is 0 Å².